The zero-order chi connectivity index (χ0) is 16.0. The summed E-state index contributed by atoms with van der Waals surface area (Å²) in [4.78, 5) is 16.6. The topological polar surface area (TPSA) is 46.9 Å². The predicted molar refractivity (Wildman–Crippen MR) is 90.3 cm³/mol. The maximum absolute atomic E-state index is 12.4. The summed E-state index contributed by atoms with van der Waals surface area (Å²) < 4.78 is 1.82. The van der Waals surface area contributed by atoms with Gasteiger partial charge in [-0.1, -0.05) is 41.4 Å². The number of halogens is 2. The first-order valence-electron chi connectivity index (χ1n) is 7.03. The van der Waals surface area contributed by atoms with Gasteiger partial charge in [-0.15, -0.1) is 0 Å². The maximum Gasteiger partial charge on any atom is 0.291 e. The molecule has 1 N–H and O–H groups in total. The third kappa shape index (κ3) is 2.31. The second kappa shape index (κ2) is 5.41. The Labute approximate surface area is 142 Å². The average molecular weight is 344 g/mol. The maximum atomic E-state index is 12.4. The highest BCUT2D eigenvalue weighted by Gasteiger charge is 2.30. The minimum Gasteiger partial charge on any atom is -0.319 e. The Morgan fingerprint density at radius 2 is 1.91 bits per heavy atom. The highest BCUT2D eigenvalue weighted by atomic mass is 35.5. The van der Waals surface area contributed by atoms with Gasteiger partial charge in [0.1, 0.15) is 0 Å². The Bertz CT molecular complexity index is 920. The third-order valence-electron chi connectivity index (χ3n) is 3.91. The SMILES string of the molecule is O=C1Nc2ccc(Cl)cc2C(c2ccccc2Cl)n2ccnc21. The van der Waals surface area contributed by atoms with Crippen LogP contribution in [0, 0.1) is 0 Å². The van der Waals surface area contributed by atoms with Gasteiger partial charge < -0.3 is 9.88 Å². The summed E-state index contributed by atoms with van der Waals surface area (Å²) in [5.74, 6) is 0.0790. The van der Waals surface area contributed by atoms with Crippen molar-refractivity contribution in [3.8, 4) is 0 Å². The van der Waals surface area contributed by atoms with E-state index >= 15 is 0 Å². The lowest BCUT2D eigenvalue weighted by atomic mass is 9.97. The Morgan fingerprint density at radius 3 is 2.74 bits per heavy atom. The van der Waals surface area contributed by atoms with Crippen molar-refractivity contribution < 1.29 is 4.79 Å². The van der Waals surface area contributed by atoms with Crippen molar-refractivity contribution in [2.75, 3.05) is 5.32 Å². The number of aromatic nitrogens is 2. The smallest absolute Gasteiger partial charge is 0.291 e. The Balaban J connectivity index is 2.05. The van der Waals surface area contributed by atoms with E-state index in [9.17, 15) is 4.79 Å². The van der Waals surface area contributed by atoms with Gasteiger partial charge in [-0.2, -0.15) is 0 Å². The zero-order valence-corrected chi connectivity index (χ0v) is 13.3. The van der Waals surface area contributed by atoms with E-state index in [4.69, 9.17) is 23.2 Å². The first kappa shape index (κ1) is 14.3. The quantitative estimate of drug-likeness (QED) is 0.712. The molecule has 0 spiro atoms. The van der Waals surface area contributed by atoms with Crippen LogP contribution in [0.15, 0.2) is 54.9 Å². The van der Waals surface area contributed by atoms with Gasteiger partial charge in [0, 0.05) is 33.7 Å². The van der Waals surface area contributed by atoms with Crippen LogP contribution in [0.5, 0.6) is 0 Å². The molecule has 4 rings (SSSR count). The summed E-state index contributed by atoms with van der Waals surface area (Å²) in [7, 11) is 0. The van der Waals surface area contributed by atoms with Crippen LogP contribution in [0.25, 0.3) is 0 Å². The zero-order valence-electron chi connectivity index (χ0n) is 11.8. The number of imidazole rings is 1. The predicted octanol–water partition coefficient (Wildman–Crippen LogP) is 4.39. The highest BCUT2D eigenvalue weighted by Crippen LogP contribution is 2.39. The largest absolute Gasteiger partial charge is 0.319 e. The van der Waals surface area contributed by atoms with Crippen LogP contribution in [0.2, 0.25) is 10.0 Å². The number of carbonyl (C=O) groups is 1. The molecule has 6 heteroatoms. The Hall–Kier alpha value is -2.30. The van der Waals surface area contributed by atoms with Gasteiger partial charge in [0.15, 0.2) is 5.82 Å². The van der Waals surface area contributed by atoms with Gasteiger partial charge in [-0.3, -0.25) is 4.79 Å². The number of rotatable bonds is 1. The van der Waals surface area contributed by atoms with Gasteiger partial charge >= 0.3 is 0 Å². The summed E-state index contributed by atoms with van der Waals surface area (Å²) in [5, 5.41) is 4.11. The number of benzene rings is 2. The standard InChI is InChI=1S/C17H11Cl2N3O/c18-10-5-6-14-12(9-10)15(11-3-1-2-4-13(11)19)22-8-7-20-16(22)17(23)21-14/h1-9,15H,(H,21,23). The molecule has 1 aromatic heterocycles. The van der Waals surface area contributed by atoms with Crippen LogP contribution in [0.1, 0.15) is 27.8 Å². The monoisotopic (exact) mass is 343 g/mol. The molecule has 0 aliphatic carbocycles. The molecule has 0 radical (unpaired) electrons. The second-order valence-corrected chi connectivity index (χ2v) is 6.11. The van der Waals surface area contributed by atoms with Crippen molar-refractivity contribution in [3.63, 3.8) is 0 Å². The van der Waals surface area contributed by atoms with Crippen molar-refractivity contribution in [1.29, 1.82) is 0 Å². The molecule has 0 bridgehead atoms. The van der Waals surface area contributed by atoms with Crippen molar-refractivity contribution >= 4 is 34.8 Å². The van der Waals surface area contributed by atoms with Crippen LogP contribution in [-0.4, -0.2) is 15.5 Å². The van der Waals surface area contributed by atoms with E-state index in [-0.39, 0.29) is 11.9 Å². The summed E-state index contributed by atoms with van der Waals surface area (Å²) in [6.07, 6.45) is 3.38. The number of carbonyl (C=O) groups excluding carboxylic acids is 1. The van der Waals surface area contributed by atoms with Crippen LogP contribution in [0.3, 0.4) is 0 Å². The molecule has 1 atom stereocenters. The van der Waals surface area contributed by atoms with Gasteiger partial charge in [0.2, 0.25) is 0 Å². The number of hydrogen-bond donors (Lipinski definition) is 1. The number of nitrogens with zero attached hydrogens (tertiary/aromatic N) is 2. The molecule has 4 nitrogen and oxygen atoms in total. The molecule has 2 aromatic carbocycles. The molecular weight excluding hydrogens is 333 g/mol. The molecule has 1 aliphatic heterocycles. The lowest BCUT2D eigenvalue weighted by Crippen LogP contribution is -2.17. The van der Waals surface area contributed by atoms with Crippen LogP contribution >= 0.6 is 23.2 Å². The van der Waals surface area contributed by atoms with Gasteiger partial charge in [0.05, 0.1) is 6.04 Å². The molecule has 3 aromatic rings. The number of anilines is 1. The molecule has 2 heterocycles. The molecule has 1 aliphatic rings. The van der Waals surface area contributed by atoms with E-state index < -0.39 is 0 Å². The van der Waals surface area contributed by atoms with Gasteiger partial charge in [-0.25, -0.2) is 4.98 Å². The van der Waals surface area contributed by atoms with E-state index in [0.29, 0.717) is 21.6 Å². The first-order chi connectivity index (χ1) is 11.1. The minimum atomic E-state index is -0.283. The number of amides is 1. The fourth-order valence-electron chi connectivity index (χ4n) is 2.91. The van der Waals surface area contributed by atoms with Gasteiger partial charge in [0.25, 0.3) is 5.91 Å². The molecule has 0 fully saturated rings. The van der Waals surface area contributed by atoms with Crippen LogP contribution in [-0.2, 0) is 0 Å². The fourth-order valence-corrected chi connectivity index (χ4v) is 3.33. The highest BCUT2D eigenvalue weighted by molar-refractivity contribution is 6.31. The normalized spacial score (nSPS) is 16.3. The minimum absolute atomic E-state index is 0.256. The molecular formula is C17H11Cl2N3O. The molecule has 23 heavy (non-hydrogen) atoms. The van der Waals surface area contributed by atoms with Crippen molar-refractivity contribution in [3.05, 3.63) is 81.9 Å². The second-order valence-electron chi connectivity index (χ2n) is 5.27. The summed E-state index contributed by atoms with van der Waals surface area (Å²) in [5.41, 5.74) is 2.46. The van der Waals surface area contributed by atoms with Crippen LogP contribution in [0.4, 0.5) is 5.69 Å². The van der Waals surface area contributed by atoms with E-state index in [0.717, 1.165) is 11.1 Å². The molecule has 0 saturated heterocycles. The van der Waals surface area contributed by atoms with Crippen molar-refractivity contribution in [2.24, 2.45) is 0 Å². The number of nitrogens with one attached hydrogen (secondary N) is 1. The Morgan fingerprint density at radius 1 is 1.09 bits per heavy atom. The lowest BCUT2D eigenvalue weighted by Gasteiger charge is -2.22. The average Bonchev–Trinajstić information content (AvgIpc) is 2.97. The first-order valence-corrected chi connectivity index (χ1v) is 7.79. The van der Waals surface area contributed by atoms with Crippen molar-refractivity contribution in [1.82, 2.24) is 9.55 Å². The van der Waals surface area contributed by atoms with E-state index in [1.165, 1.54) is 0 Å². The fraction of sp³-hybridized carbons (Fsp3) is 0.0588. The van der Waals surface area contributed by atoms with Crippen LogP contribution < -0.4 is 5.32 Å². The van der Waals surface area contributed by atoms with E-state index in [1.54, 1.807) is 24.5 Å². The lowest BCUT2D eigenvalue weighted by molar-refractivity contribution is 0.101. The molecule has 114 valence electrons. The molecule has 0 saturated carbocycles. The summed E-state index contributed by atoms with van der Waals surface area (Å²) in [6.45, 7) is 0. The Kier molecular flexibility index (Phi) is 3.36. The summed E-state index contributed by atoms with van der Waals surface area (Å²) in [6, 6.07) is 12.7. The number of fused-ring (bicyclic) bond motifs is 2. The third-order valence-corrected chi connectivity index (χ3v) is 4.49. The van der Waals surface area contributed by atoms with Crippen molar-refractivity contribution in [2.45, 2.75) is 6.04 Å². The van der Waals surface area contributed by atoms with E-state index in [1.807, 2.05) is 34.9 Å². The summed E-state index contributed by atoms with van der Waals surface area (Å²) >= 11 is 12.6. The molecule has 1 amide bonds. The molecule has 1 unspecified atom stereocenters. The number of hydrogen-bond acceptors (Lipinski definition) is 2. The van der Waals surface area contributed by atoms with E-state index in [2.05, 4.69) is 10.3 Å². The van der Waals surface area contributed by atoms with Gasteiger partial charge in [-0.05, 0) is 29.8 Å².